The zero-order chi connectivity index (χ0) is 11.7. The van der Waals surface area contributed by atoms with E-state index in [2.05, 4.69) is 36.5 Å². The molecule has 1 saturated carbocycles. The molecule has 1 aliphatic carbocycles. The summed E-state index contributed by atoms with van der Waals surface area (Å²) in [5.41, 5.74) is 3.53. The highest BCUT2D eigenvalue weighted by molar-refractivity contribution is 5.85. The van der Waals surface area contributed by atoms with Gasteiger partial charge in [-0.2, -0.15) is 0 Å². The standard InChI is InChI=1S/C16H23N.ClH/c1-13-11-16(9-5-2-6-10-16)17-12-14-7-3-4-8-15(13)14;/h3-4,7-8,13,17H,2,5-6,9-12H2,1H3;1H. The number of hydrogen-bond donors (Lipinski definition) is 1. The van der Waals surface area contributed by atoms with E-state index in [1.54, 1.807) is 5.56 Å². The van der Waals surface area contributed by atoms with E-state index < -0.39 is 0 Å². The van der Waals surface area contributed by atoms with Crippen LogP contribution in [0.4, 0.5) is 0 Å². The summed E-state index contributed by atoms with van der Waals surface area (Å²) in [7, 11) is 0. The van der Waals surface area contributed by atoms with Gasteiger partial charge in [0.05, 0.1) is 0 Å². The quantitative estimate of drug-likeness (QED) is 0.733. The number of nitrogens with one attached hydrogen (secondary N) is 1. The maximum Gasteiger partial charge on any atom is 0.0213 e. The minimum atomic E-state index is 0. The first-order chi connectivity index (χ1) is 8.29. The highest BCUT2D eigenvalue weighted by atomic mass is 35.5. The van der Waals surface area contributed by atoms with Crippen molar-refractivity contribution in [2.24, 2.45) is 0 Å². The van der Waals surface area contributed by atoms with Crippen LogP contribution in [0.2, 0.25) is 0 Å². The molecule has 1 aromatic rings. The smallest absolute Gasteiger partial charge is 0.0213 e. The van der Waals surface area contributed by atoms with Gasteiger partial charge in [0.15, 0.2) is 0 Å². The fraction of sp³-hybridized carbons (Fsp3) is 0.625. The summed E-state index contributed by atoms with van der Waals surface area (Å²) in [4.78, 5) is 0. The molecule has 100 valence electrons. The van der Waals surface area contributed by atoms with Gasteiger partial charge in [-0.3, -0.25) is 0 Å². The van der Waals surface area contributed by atoms with Crippen LogP contribution in [-0.4, -0.2) is 5.54 Å². The molecule has 0 radical (unpaired) electrons. The van der Waals surface area contributed by atoms with Gasteiger partial charge >= 0.3 is 0 Å². The van der Waals surface area contributed by atoms with Crippen molar-refractivity contribution >= 4 is 12.4 Å². The van der Waals surface area contributed by atoms with Crippen molar-refractivity contribution in [2.45, 2.75) is 63.5 Å². The predicted molar refractivity (Wildman–Crippen MR) is 79.4 cm³/mol. The van der Waals surface area contributed by atoms with Crippen LogP contribution in [0.15, 0.2) is 24.3 Å². The predicted octanol–water partition coefficient (Wildman–Crippen LogP) is 4.41. The maximum atomic E-state index is 3.88. The van der Waals surface area contributed by atoms with Gasteiger partial charge < -0.3 is 5.32 Å². The molecule has 0 bridgehead atoms. The van der Waals surface area contributed by atoms with Crippen molar-refractivity contribution in [3.8, 4) is 0 Å². The summed E-state index contributed by atoms with van der Waals surface area (Å²) >= 11 is 0. The van der Waals surface area contributed by atoms with E-state index in [-0.39, 0.29) is 12.4 Å². The Balaban J connectivity index is 0.00000120. The molecule has 3 rings (SSSR count). The minimum Gasteiger partial charge on any atom is -0.307 e. The average molecular weight is 266 g/mol. The second kappa shape index (κ2) is 5.63. The molecule has 1 aliphatic heterocycles. The molecular formula is C16H24ClN. The Morgan fingerprint density at radius 1 is 1.11 bits per heavy atom. The van der Waals surface area contributed by atoms with Gasteiger partial charge in [0.2, 0.25) is 0 Å². The molecule has 0 saturated heterocycles. The molecule has 1 aromatic carbocycles. The van der Waals surface area contributed by atoms with Crippen LogP contribution < -0.4 is 5.32 Å². The van der Waals surface area contributed by atoms with Crippen LogP contribution in [0.3, 0.4) is 0 Å². The highest BCUT2D eigenvalue weighted by Crippen LogP contribution is 2.39. The third-order valence-corrected chi connectivity index (χ3v) is 4.75. The molecule has 1 nitrogen and oxygen atoms in total. The molecule has 0 amide bonds. The normalized spacial score (nSPS) is 25.9. The molecule has 18 heavy (non-hydrogen) atoms. The summed E-state index contributed by atoms with van der Waals surface area (Å²) in [5.74, 6) is 0.708. The molecular weight excluding hydrogens is 242 g/mol. The first-order valence-corrected chi connectivity index (χ1v) is 7.12. The van der Waals surface area contributed by atoms with Gasteiger partial charge in [-0.15, -0.1) is 12.4 Å². The second-order valence-electron chi connectivity index (χ2n) is 6.00. The lowest BCUT2D eigenvalue weighted by Gasteiger charge is -2.38. The van der Waals surface area contributed by atoms with Crippen molar-refractivity contribution in [1.29, 1.82) is 0 Å². The Hall–Kier alpha value is -0.530. The number of hydrogen-bond acceptors (Lipinski definition) is 1. The summed E-state index contributed by atoms with van der Waals surface area (Å²) in [6.45, 7) is 3.47. The Kier molecular flexibility index (Phi) is 4.34. The van der Waals surface area contributed by atoms with Crippen LogP contribution >= 0.6 is 12.4 Å². The number of benzene rings is 1. The van der Waals surface area contributed by atoms with Crippen molar-refractivity contribution in [1.82, 2.24) is 5.32 Å². The lowest BCUT2D eigenvalue weighted by Crippen LogP contribution is -2.45. The van der Waals surface area contributed by atoms with Crippen LogP contribution in [0.5, 0.6) is 0 Å². The number of halogens is 1. The Morgan fingerprint density at radius 2 is 1.83 bits per heavy atom. The van der Waals surface area contributed by atoms with Gasteiger partial charge in [-0.1, -0.05) is 50.5 Å². The van der Waals surface area contributed by atoms with Gasteiger partial charge in [0.25, 0.3) is 0 Å². The molecule has 1 N–H and O–H groups in total. The third kappa shape index (κ3) is 2.57. The lowest BCUT2D eigenvalue weighted by molar-refractivity contribution is 0.209. The highest BCUT2D eigenvalue weighted by Gasteiger charge is 2.35. The summed E-state index contributed by atoms with van der Waals surface area (Å²) in [5, 5.41) is 3.88. The van der Waals surface area contributed by atoms with E-state index >= 15 is 0 Å². The molecule has 2 heteroatoms. The van der Waals surface area contributed by atoms with Gasteiger partial charge in [0.1, 0.15) is 0 Å². The Labute approximate surface area is 117 Å². The minimum absolute atomic E-state index is 0. The Bertz CT molecular complexity index is 396. The van der Waals surface area contributed by atoms with Crippen LogP contribution in [0, 0.1) is 0 Å². The zero-order valence-corrected chi connectivity index (χ0v) is 12.1. The summed E-state index contributed by atoms with van der Waals surface area (Å²) in [6.07, 6.45) is 8.34. The van der Waals surface area contributed by atoms with E-state index in [0.29, 0.717) is 11.5 Å². The molecule has 1 atom stereocenters. The van der Waals surface area contributed by atoms with Crippen LogP contribution in [0.25, 0.3) is 0 Å². The van der Waals surface area contributed by atoms with E-state index in [1.165, 1.54) is 44.1 Å². The van der Waals surface area contributed by atoms with Gasteiger partial charge in [0, 0.05) is 12.1 Å². The average Bonchev–Trinajstić information content (AvgIpc) is 2.50. The third-order valence-electron chi connectivity index (χ3n) is 4.75. The first kappa shape index (κ1) is 13.9. The van der Waals surface area contributed by atoms with Crippen molar-refractivity contribution in [3.05, 3.63) is 35.4 Å². The largest absolute Gasteiger partial charge is 0.307 e. The molecule has 1 fully saturated rings. The van der Waals surface area contributed by atoms with Gasteiger partial charge in [-0.05, 0) is 36.3 Å². The molecule has 1 heterocycles. The van der Waals surface area contributed by atoms with E-state index in [0.717, 1.165) is 6.54 Å². The zero-order valence-electron chi connectivity index (χ0n) is 11.2. The van der Waals surface area contributed by atoms with Crippen molar-refractivity contribution < 1.29 is 0 Å². The summed E-state index contributed by atoms with van der Waals surface area (Å²) < 4.78 is 0. The van der Waals surface area contributed by atoms with E-state index in [9.17, 15) is 0 Å². The molecule has 0 aromatic heterocycles. The fourth-order valence-electron chi connectivity index (χ4n) is 3.84. The van der Waals surface area contributed by atoms with Crippen LogP contribution in [-0.2, 0) is 6.54 Å². The van der Waals surface area contributed by atoms with Crippen molar-refractivity contribution in [2.75, 3.05) is 0 Å². The van der Waals surface area contributed by atoms with E-state index in [1.807, 2.05) is 0 Å². The first-order valence-electron chi connectivity index (χ1n) is 7.12. The number of fused-ring (bicyclic) bond motifs is 1. The van der Waals surface area contributed by atoms with E-state index in [4.69, 9.17) is 0 Å². The van der Waals surface area contributed by atoms with Crippen molar-refractivity contribution in [3.63, 3.8) is 0 Å². The Morgan fingerprint density at radius 3 is 2.61 bits per heavy atom. The van der Waals surface area contributed by atoms with Crippen LogP contribution in [0.1, 0.15) is 62.5 Å². The molecule has 1 unspecified atom stereocenters. The second-order valence-corrected chi connectivity index (χ2v) is 6.00. The molecule has 1 spiro atoms. The summed E-state index contributed by atoms with van der Waals surface area (Å²) in [6, 6.07) is 8.98. The fourth-order valence-corrected chi connectivity index (χ4v) is 3.84. The molecule has 2 aliphatic rings. The number of rotatable bonds is 0. The van der Waals surface area contributed by atoms with Gasteiger partial charge in [-0.25, -0.2) is 0 Å². The SMILES string of the molecule is CC1CC2(CCCCC2)NCc2ccccc21.Cl. The lowest BCUT2D eigenvalue weighted by atomic mass is 9.75. The maximum absolute atomic E-state index is 3.88. The monoisotopic (exact) mass is 265 g/mol. The topological polar surface area (TPSA) is 12.0 Å².